The predicted octanol–water partition coefficient (Wildman–Crippen LogP) is 4.57. The first kappa shape index (κ1) is 19.6. The van der Waals surface area contributed by atoms with Crippen LogP contribution in [0.1, 0.15) is 35.0 Å². The van der Waals surface area contributed by atoms with E-state index < -0.39 is 0 Å². The lowest BCUT2D eigenvalue weighted by molar-refractivity contribution is -0.121. The van der Waals surface area contributed by atoms with E-state index in [0.29, 0.717) is 6.61 Å². The molecular weight excluding hydrogens is 437 g/mol. The van der Waals surface area contributed by atoms with Crippen LogP contribution in [-0.4, -0.2) is 22.3 Å². The van der Waals surface area contributed by atoms with Crippen LogP contribution in [0.2, 0.25) is 0 Å². The van der Waals surface area contributed by atoms with Crippen molar-refractivity contribution in [1.29, 1.82) is 0 Å². The van der Waals surface area contributed by atoms with Gasteiger partial charge in [-0.05, 0) is 56.3 Å². The van der Waals surface area contributed by atoms with E-state index in [9.17, 15) is 9.18 Å². The van der Waals surface area contributed by atoms with E-state index in [-0.39, 0.29) is 24.2 Å². The van der Waals surface area contributed by atoms with Crippen LogP contribution < -0.4 is 10.1 Å². The fourth-order valence-corrected chi connectivity index (χ4v) is 4.06. The number of carbonyl (C=O) groups excluding carboxylic acids is 1. The highest BCUT2D eigenvalue weighted by molar-refractivity contribution is 9.10. The van der Waals surface area contributed by atoms with E-state index in [2.05, 4.69) is 26.3 Å². The Hall–Kier alpha value is -2.67. The SMILES string of the molecule is Cc1nn(-c2ccc(F)cc2)c(C)c1CC(=O)NC1CCOc2ccc(Br)cc21. The van der Waals surface area contributed by atoms with E-state index >= 15 is 0 Å². The molecule has 1 aliphatic heterocycles. The van der Waals surface area contributed by atoms with Crippen LogP contribution in [-0.2, 0) is 11.2 Å². The number of hydrogen-bond acceptors (Lipinski definition) is 3. The molecule has 1 amide bonds. The Balaban J connectivity index is 1.53. The molecule has 0 saturated heterocycles. The van der Waals surface area contributed by atoms with Crippen molar-refractivity contribution in [3.8, 4) is 11.4 Å². The van der Waals surface area contributed by atoms with Gasteiger partial charge in [0.25, 0.3) is 0 Å². The summed E-state index contributed by atoms with van der Waals surface area (Å²) in [6.45, 7) is 4.38. The largest absolute Gasteiger partial charge is 0.493 e. The molecule has 7 heteroatoms. The normalized spacial score (nSPS) is 15.5. The van der Waals surface area contributed by atoms with E-state index in [1.165, 1.54) is 12.1 Å². The highest BCUT2D eigenvalue weighted by Crippen LogP contribution is 2.34. The van der Waals surface area contributed by atoms with Crippen LogP contribution in [0.5, 0.6) is 5.75 Å². The summed E-state index contributed by atoms with van der Waals surface area (Å²) in [7, 11) is 0. The van der Waals surface area contributed by atoms with E-state index in [1.807, 2.05) is 32.0 Å². The minimum absolute atomic E-state index is 0.0623. The molecule has 2 aromatic carbocycles. The number of amides is 1. The Bertz CT molecular complexity index is 1060. The monoisotopic (exact) mass is 457 g/mol. The molecule has 1 aliphatic rings. The first-order chi connectivity index (χ1) is 13.9. The van der Waals surface area contributed by atoms with Crippen molar-refractivity contribution in [3.05, 3.63) is 75.3 Å². The molecule has 1 atom stereocenters. The summed E-state index contributed by atoms with van der Waals surface area (Å²) >= 11 is 3.48. The minimum Gasteiger partial charge on any atom is -0.493 e. The van der Waals surface area contributed by atoms with Gasteiger partial charge in [0.2, 0.25) is 5.91 Å². The van der Waals surface area contributed by atoms with Crippen molar-refractivity contribution in [1.82, 2.24) is 15.1 Å². The fraction of sp³-hybridized carbons (Fsp3) is 0.273. The summed E-state index contributed by atoms with van der Waals surface area (Å²) in [5, 5.41) is 7.68. The topological polar surface area (TPSA) is 56.2 Å². The molecular formula is C22H21BrFN3O2. The van der Waals surface area contributed by atoms with Gasteiger partial charge >= 0.3 is 0 Å². The molecule has 150 valence electrons. The number of aromatic nitrogens is 2. The molecule has 1 aromatic heterocycles. The number of nitrogens with zero attached hydrogens (tertiary/aromatic N) is 2. The average molecular weight is 458 g/mol. The Morgan fingerprint density at radius 2 is 2.03 bits per heavy atom. The van der Waals surface area contributed by atoms with Crippen LogP contribution in [0, 0.1) is 19.7 Å². The van der Waals surface area contributed by atoms with E-state index in [1.54, 1.807) is 16.8 Å². The zero-order valence-electron chi connectivity index (χ0n) is 16.2. The van der Waals surface area contributed by atoms with Gasteiger partial charge in [-0.1, -0.05) is 15.9 Å². The van der Waals surface area contributed by atoms with Crippen molar-refractivity contribution in [3.63, 3.8) is 0 Å². The van der Waals surface area contributed by atoms with E-state index in [0.717, 1.165) is 44.8 Å². The van der Waals surface area contributed by atoms with Crippen LogP contribution in [0.4, 0.5) is 4.39 Å². The molecule has 1 N–H and O–H groups in total. The molecule has 0 bridgehead atoms. The summed E-state index contributed by atoms with van der Waals surface area (Å²) in [6, 6.07) is 11.9. The van der Waals surface area contributed by atoms with Gasteiger partial charge in [0.05, 0.1) is 30.5 Å². The number of benzene rings is 2. The van der Waals surface area contributed by atoms with Gasteiger partial charge in [-0.25, -0.2) is 9.07 Å². The Morgan fingerprint density at radius 1 is 1.28 bits per heavy atom. The highest BCUT2D eigenvalue weighted by atomic mass is 79.9. The van der Waals surface area contributed by atoms with Gasteiger partial charge in [0, 0.05) is 27.7 Å². The maximum atomic E-state index is 13.2. The lowest BCUT2D eigenvalue weighted by atomic mass is 10.00. The summed E-state index contributed by atoms with van der Waals surface area (Å²) in [6.07, 6.45) is 0.960. The molecule has 1 unspecified atom stereocenters. The van der Waals surface area contributed by atoms with Crippen LogP contribution in [0.15, 0.2) is 46.9 Å². The van der Waals surface area contributed by atoms with Crippen molar-refractivity contribution >= 4 is 21.8 Å². The smallest absolute Gasteiger partial charge is 0.225 e. The molecule has 0 spiro atoms. The number of ether oxygens (including phenoxy) is 1. The molecule has 0 saturated carbocycles. The van der Waals surface area contributed by atoms with Crippen LogP contribution >= 0.6 is 15.9 Å². The lowest BCUT2D eigenvalue weighted by Crippen LogP contribution is -2.33. The minimum atomic E-state index is -0.293. The molecule has 5 nitrogen and oxygen atoms in total. The van der Waals surface area contributed by atoms with Crippen molar-refractivity contribution < 1.29 is 13.9 Å². The molecule has 2 heterocycles. The lowest BCUT2D eigenvalue weighted by Gasteiger charge is -2.27. The maximum absolute atomic E-state index is 13.2. The van der Waals surface area contributed by atoms with Gasteiger partial charge in [-0.15, -0.1) is 0 Å². The summed E-state index contributed by atoms with van der Waals surface area (Å²) < 4.78 is 21.6. The van der Waals surface area contributed by atoms with Crippen LogP contribution in [0.3, 0.4) is 0 Å². The Labute approximate surface area is 177 Å². The Kier molecular flexibility index (Phi) is 5.41. The van der Waals surface area contributed by atoms with E-state index in [4.69, 9.17) is 4.74 Å². The third-order valence-corrected chi connectivity index (χ3v) is 5.69. The quantitative estimate of drug-likeness (QED) is 0.623. The fourth-order valence-electron chi connectivity index (χ4n) is 3.69. The third-order valence-electron chi connectivity index (χ3n) is 5.20. The summed E-state index contributed by atoms with van der Waals surface area (Å²) in [5.41, 5.74) is 4.29. The first-order valence-corrected chi connectivity index (χ1v) is 10.2. The second-order valence-electron chi connectivity index (χ2n) is 7.15. The number of halogens is 2. The first-order valence-electron chi connectivity index (χ1n) is 9.45. The van der Waals surface area contributed by atoms with Crippen molar-refractivity contribution in [2.24, 2.45) is 0 Å². The molecule has 3 aromatic rings. The second-order valence-corrected chi connectivity index (χ2v) is 8.07. The molecule has 0 fully saturated rings. The standard InChI is InChI=1S/C22H21BrFN3O2/c1-13-18(14(2)27(26-13)17-6-4-16(24)5-7-17)12-22(28)25-20-9-10-29-21-8-3-15(23)11-19(20)21/h3-8,11,20H,9-10,12H2,1-2H3,(H,25,28). The number of nitrogens with one attached hydrogen (secondary N) is 1. The number of carbonyl (C=O) groups is 1. The zero-order chi connectivity index (χ0) is 20.5. The highest BCUT2D eigenvalue weighted by Gasteiger charge is 2.24. The zero-order valence-corrected chi connectivity index (χ0v) is 17.8. The maximum Gasteiger partial charge on any atom is 0.225 e. The number of fused-ring (bicyclic) bond motifs is 1. The van der Waals surface area contributed by atoms with Crippen molar-refractivity contribution in [2.45, 2.75) is 32.7 Å². The van der Waals surface area contributed by atoms with Gasteiger partial charge in [-0.2, -0.15) is 5.10 Å². The summed E-state index contributed by atoms with van der Waals surface area (Å²) in [5.74, 6) is 0.451. The molecule has 29 heavy (non-hydrogen) atoms. The van der Waals surface area contributed by atoms with Gasteiger partial charge < -0.3 is 10.1 Å². The number of hydrogen-bond donors (Lipinski definition) is 1. The van der Waals surface area contributed by atoms with Crippen LogP contribution in [0.25, 0.3) is 5.69 Å². The second kappa shape index (κ2) is 7.99. The number of rotatable bonds is 4. The number of aryl methyl sites for hydroxylation is 1. The van der Waals surface area contributed by atoms with Gasteiger partial charge in [-0.3, -0.25) is 4.79 Å². The summed E-state index contributed by atoms with van der Waals surface area (Å²) in [4.78, 5) is 12.8. The molecule has 0 radical (unpaired) electrons. The molecule has 4 rings (SSSR count). The van der Waals surface area contributed by atoms with Crippen molar-refractivity contribution in [2.75, 3.05) is 6.61 Å². The molecule has 0 aliphatic carbocycles. The van der Waals surface area contributed by atoms with Gasteiger partial charge in [0.15, 0.2) is 0 Å². The van der Waals surface area contributed by atoms with Gasteiger partial charge in [0.1, 0.15) is 11.6 Å². The Morgan fingerprint density at radius 3 is 2.79 bits per heavy atom. The average Bonchev–Trinajstić information content (AvgIpc) is 2.97. The predicted molar refractivity (Wildman–Crippen MR) is 112 cm³/mol. The third kappa shape index (κ3) is 4.05.